The van der Waals surface area contributed by atoms with Crippen molar-refractivity contribution in [2.45, 2.75) is 105 Å². The van der Waals surface area contributed by atoms with Crippen LogP contribution in [-0.2, 0) is 20.4 Å². The van der Waals surface area contributed by atoms with Crippen molar-refractivity contribution >= 4 is 70.2 Å². The van der Waals surface area contributed by atoms with Crippen LogP contribution in [0.25, 0.3) is 33.5 Å². The zero-order valence-electron chi connectivity index (χ0n) is 44.7. The molecular weight excluding hydrogens is 1000 g/mol. The van der Waals surface area contributed by atoms with E-state index < -0.39 is 33.6 Å². The summed E-state index contributed by atoms with van der Waals surface area (Å²) in [6.45, 7) is 15.6. The molecule has 0 radical (unpaired) electrons. The number of carbonyl (C=O) groups excluding carboxylic acids is 2. The maximum Gasteiger partial charge on any atom is 0.309 e. The normalized spacial score (nSPS) is 20.4. The Kier molecular flexibility index (Phi) is 16.8. The topological polar surface area (TPSA) is 271 Å². The maximum atomic E-state index is 12.7. The summed E-state index contributed by atoms with van der Waals surface area (Å²) < 4.78 is 14.1. The number of pyridine rings is 2. The number of fused-ring (bicyclic) bond motifs is 2. The fraction of sp³-hybridized carbons (Fsp3) is 0.333. The molecule has 6 aromatic heterocycles. The van der Waals surface area contributed by atoms with Crippen molar-refractivity contribution in [3.8, 4) is 22.5 Å². The van der Waals surface area contributed by atoms with Gasteiger partial charge in [0, 0.05) is 88.7 Å². The fourth-order valence-corrected chi connectivity index (χ4v) is 10.5. The Morgan fingerprint density at radius 3 is 1.25 bits per heavy atom. The molecule has 8 N–H and O–H groups in total. The molecule has 2 aliphatic rings. The van der Waals surface area contributed by atoms with Crippen LogP contribution in [0, 0.1) is 24.7 Å². The van der Waals surface area contributed by atoms with Gasteiger partial charge in [-0.2, -0.15) is 3.89 Å². The van der Waals surface area contributed by atoms with Crippen molar-refractivity contribution in [1.82, 2.24) is 38.7 Å². The molecule has 2 fully saturated rings. The lowest BCUT2D eigenvalue weighted by Gasteiger charge is -2.25. The second-order valence-corrected chi connectivity index (χ2v) is 20.8. The van der Waals surface area contributed by atoms with Crippen LogP contribution in [0.3, 0.4) is 0 Å². The molecule has 2 amide bonds. The number of nitrogens with one attached hydrogen (secondary N) is 2. The average Bonchev–Trinajstić information content (AvgIpc) is 4.18. The highest BCUT2D eigenvalue weighted by Gasteiger charge is 2.51. The van der Waals surface area contributed by atoms with Crippen LogP contribution < -0.4 is 22.1 Å². The van der Waals surface area contributed by atoms with Crippen LogP contribution in [0.1, 0.15) is 124 Å². The molecule has 2 aromatic carbocycles. The number of aliphatic carboxylic acids is 2. The number of carboxylic acid groups (broad SMARTS) is 2. The number of halogens is 1. The highest BCUT2D eigenvalue weighted by molar-refractivity contribution is 7.93. The van der Waals surface area contributed by atoms with E-state index in [4.69, 9.17) is 21.4 Å². The number of amides is 2. The zero-order chi connectivity index (χ0) is 56.0. The van der Waals surface area contributed by atoms with Crippen molar-refractivity contribution in [3.05, 3.63) is 144 Å². The molecule has 18 nitrogen and oxygen atoms in total. The van der Waals surface area contributed by atoms with E-state index in [9.17, 15) is 33.3 Å². The van der Waals surface area contributed by atoms with E-state index in [1.807, 2.05) is 85.3 Å². The Labute approximate surface area is 450 Å². The number of benzene rings is 2. The van der Waals surface area contributed by atoms with Crippen molar-refractivity contribution in [2.75, 3.05) is 28.4 Å². The first kappa shape index (κ1) is 56.5. The van der Waals surface area contributed by atoms with Crippen molar-refractivity contribution < 1.29 is 33.3 Å². The molecular formula is C57H65FN12O6S. The first-order valence-electron chi connectivity index (χ1n) is 25.2. The summed E-state index contributed by atoms with van der Waals surface area (Å²) in [5.74, 6) is 1.08. The largest absolute Gasteiger partial charge is 0.481 e. The van der Waals surface area contributed by atoms with Gasteiger partial charge in [0.25, 0.3) is 11.8 Å². The number of carbonyl (C=O) groups is 4. The molecule has 4 atom stereocenters. The highest BCUT2D eigenvalue weighted by atomic mass is 32.2. The number of nitrogen functional groups attached to an aromatic ring is 2. The van der Waals surface area contributed by atoms with Gasteiger partial charge in [-0.25, -0.2) is 29.9 Å². The number of aryl methyl sites for hydroxylation is 2. The third-order valence-corrected chi connectivity index (χ3v) is 14.5. The maximum absolute atomic E-state index is 12.7. The molecule has 0 saturated heterocycles. The lowest BCUT2D eigenvalue weighted by molar-refractivity contribution is -0.148. The van der Waals surface area contributed by atoms with E-state index in [1.165, 1.54) is 6.26 Å². The number of rotatable bonds is 10. The van der Waals surface area contributed by atoms with E-state index in [0.717, 1.165) is 33.9 Å². The summed E-state index contributed by atoms with van der Waals surface area (Å²) in [6.07, 6.45) is 15.0. The summed E-state index contributed by atoms with van der Waals surface area (Å²) in [4.78, 5) is 76.1. The van der Waals surface area contributed by atoms with Gasteiger partial charge in [0.05, 0.1) is 10.8 Å². The van der Waals surface area contributed by atoms with Gasteiger partial charge in [-0.05, 0) is 126 Å². The number of hydrogen-bond acceptors (Lipinski definition) is 13. The molecule has 2 saturated carbocycles. The van der Waals surface area contributed by atoms with E-state index >= 15 is 0 Å². The van der Waals surface area contributed by atoms with Gasteiger partial charge in [-0.15, -0.1) is 0 Å². The molecule has 77 heavy (non-hydrogen) atoms. The lowest BCUT2D eigenvalue weighted by Crippen LogP contribution is -2.29. The van der Waals surface area contributed by atoms with Crippen molar-refractivity contribution in [1.29, 1.82) is 0 Å². The van der Waals surface area contributed by atoms with Crippen molar-refractivity contribution in [3.63, 3.8) is 0 Å². The van der Waals surface area contributed by atoms with Gasteiger partial charge in [0.1, 0.15) is 57.3 Å². The molecule has 4 unspecified atom stereocenters. The summed E-state index contributed by atoms with van der Waals surface area (Å²) in [5, 5.41) is 25.2. The Bertz CT molecular complexity index is 3250. The molecule has 20 heteroatoms. The van der Waals surface area contributed by atoms with Crippen LogP contribution in [0.2, 0.25) is 0 Å². The molecule has 8 aromatic rings. The number of carboxylic acids is 2. The van der Waals surface area contributed by atoms with Gasteiger partial charge in [-0.1, -0.05) is 52.0 Å². The average molecular weight is 1070 g/mol. The van der Waals surface area contributed by atoms with E-state index in [1.54, 1.807) is 75.0 Å². The number of aromatic nitrogens is 8. The predicted molar refractivity (Wildman–Crippen MR) is 299 cm³/mol. The van der Waals surface area contributed by atoms with Gasteiger partial charge < -0.3 is 32.3 Å². The number of anilines is 4. The number of imidazole rings is 2. The molecule has 0 bridgehead atoms. The summed E-state index contributed by atoms with van der Waals surface area (Å²) in [7, 11) is 0. The standard InChI is InChI=1S/2C27H28N6O3.C2H6.CH3FS/c2*1-16-8-11-29-19(14-16)31-23(34)18-6-4-17(5-7-18)20-21-22(28)30-12-13-33(21)24(32-20)26(2)9-10-27(3,15-26)25(35)36;1-2;1-3-2/h2*4-8,11-14H,9-10,15H2,1-3H3,(H2,28,30)(H,35,36)(H,29,31,34);1-2H3;1H3. The smallest absolute Gasteiger partial charge is 0.309 e. The van der Waals surface area contributed by atoms with Crippen LogP contribution in [0.5, 0.6) is 0 Å². The number of nitrogens with zero attached hydrogens (tertiary/aromatic N) is 8. The quantitative estimate of drug-likeness (QED) is 0.0743. The number of hydrogen-bond donors (Lipinski definition) is 6. The molecule has 10 rings (SSSR count). The molecule has 0 spiro atoms. The lowest BCUT2D eigenvalue weighted by atomic mass is 9.81. The second-order valence-electron chi connectivity index (χ2n) is 20.5. The third-order valence-electron chi connectivity index (χ3n) is 14.5. The van der Waals surface area contributed by atoms with E-state index in [-0.39, 0.29) is 24.0 Å². The SMILES string of the molecule is CC.CSF.Cc1ccnc(NC(=O)c2ccc(-c3nc(C4(C)CCC(C)(C(=O)O)C4)n4ccnc(N)c34)cc2)c1.Cc1ccnc(NC(=O)c2ccc(-c3nc(C4(C)CCC(C)(C(=O)O)C4)n4ccnc(N)c34)cc2)c1. The summed E-state index contributed by atoms with van der Waals surface area (Å²) >= 11 is 0.250. The molecule has 0 aliphatic heterocycles. The molecule has 6 heterocycles. The summed E-state index contributed by atoms with van der Waals surface area (Å²) in [5.41, 5.74) is 17.3. The Balaban J connectivity index is 0.000000207. The second kappa shape index (κ2) is 22.9. The van der Waals surface area contributed by atoms with Crippen LogP contribution >= 0.6 is 12.1 Å². The first-order chi connectivity index (χ1) is 36.6. The van der Waals surface area contributed by atoms with E-state index in [0.29, 0.717) is 95.3 Å². The fourth-order valence-electron chi connectivity index (χ4n) is 10.5. The first-order valence-corrected chi connectivity index (χ1v) is 26.3. The third kappa shape index (κ3) is 11.8. The minimum atomic E-state index is -0.805. The Morgan fingerprint density at radius 1 is 0.584 bits per heavy atom. The Morgan fingerprint density at radius 2 is 0.935 bits per heavy atom. The van der Waals surface area contributed by atoms with Crippen LogP contribution in [0.4, 0.5) is 27.2 Å². The van der Waals surface area contributed by atoms with Crippen molar-refractivity contribution in [2.24, 2.45) is 10.8 Å². The van der Waals surface area contributed by atoms with Crippen LogP contribution in [0.15, 0.2) is 110 Å². The van der Waals surface area contributed by atoms with Gasteiger partial charge >= 0.3 is 11.9 Å². The van der Waals surface area contributed by atoms with Gasteiger partial charge in [0.15, 0.2) is 0 Å². The minimum absolute atomic E-state index is 0.250. The predicted octanol–water partition coefficient (Wildman–Crippen LogP) is 11.2. The summed E-state index contributed by atoms with van der Waals surface area (Å²) in [6, 6.07) is 21.6. The monoisotopic (exact) mass is 1060 g/mol. The molecule has 2 aliphatic carbocycles. The van der Waals surface area contributed by atoms with Gasteiger partial charge in [0.2, 0.25) is 0 Å². The van der Waals surface area contributed by atoms with Gasteiger partial charge in [-0.3, -0.25) is 28.0 Å². The Hall–Kier alpha value is -8.26. The number of nitrogens with two attached hydrogens (primary N) is 2. The van der Waals surface area contributed by atoms with Crippen LogP contribution in [-0.4, -0.2) is 78.9 Å². The zero-order valence-corrected chi connectivity index (χ0v) is 45.5. The molecule has 402 valence electrons. The minimum Gasteiger partial charge on any atom is -0.481 e. The van der Waals surface area contributed by atoms with E-state index in [2.05, 4.69) is 44.4 Å². The highest BCUT2D eigenvalue weighted by Crippen LogP contribution is 2.52.